The largest absolute Gasteiger partial charge is 0.494 e. The topological polar surface area (TPSA) is 53.3 Å². The number of hydrogen-bond acceptors (Lipinski definition) is 3. The normalized spacial score (nSPS) is 11.5. The Morgan fingerprint density at radius 2 is 2.28 bits per heavy atom. The van der Waals surface area contributed by atoms with Crippen LogP contribution in [0.25, 0.3) is 0 Å². The maximum absolute atomic E-state index is 13.5. The van der Waals surface area contributed by atoms with Crippen molar-refractivity contribution in [1.82, 2.24) is 4.90 Å². The van der Waals surface area contributed by atoms with Gasteiger partial charge in [-0.05, 0) is 25.1 Å². The number of nitrogens with zero attached hydrogens (tertiary/aromatic N) is 2. The van der Waals surface area contributed by atoms with Gasteiger partial charge in [0, 0.05) is 18.7 Å². The van der Waals surface area contributed by atoms with E-state index < -0.39 is 5.82 Å². The van der Waals surface area contributed by atoms with E-state index in [-0.39, 0.29) is 29.7 Å². The maximum atomic E-state index is 13.5. The highest BCUT2D eigenvalue weighted by molar-refractivity contribution is 5.94. The Kier molecular flexibility index (Phi) is 4.67. The van der Waals surface area contributed by atoms with Crippen molar-refractivity contribution in [3.05, 3.63) is 29.6 Å². The fourth-order valence-electron chi connectivity index (χ4n) is 1.47. The molecule has 0 radical (unpaired) electrons. The number of amides is 1. The lowest BCUT2D eigenvalue weighted by atomic mass is 10.1. The number of hydrogen-bond donors (Lipinski definition) is 0. The van der Waals surface area contributed by atoms with Crippen LogP contribution < -0.4 is 4.74 Å². The van der Waals surface area contributed by atoms with E-state index in [1.54, 1.807) is 14.0 Å². The molecule has 0 aliphatic carbocycles. The van der Waals surface area contributed by atoms with Crippen LogP contribution in [0.3, 0.4) is 0 Å². The molecule has 0 fully saturated rings. The Balaban J connectivity index is 2.91. The fourth-order valence-corrected chi connectivity index (χ4v) is 1.47. The molecule has 0 N–H and O–H groups in total. The maximum Gasteiger partial charge on any atom is 0.253 e. The van der Waals surface area contributed by atoms with E-state index in [1.807, 2.05) is 6.07 Å². The van der Waals surface area contributed by atoms with Gasteiger partial charge in [-0.3, -0.25) is 4.79 Å². The van der Waals surface area contributed by atoms with Crippen LogP contribution in [0.4, 0.5) is 4.39 Å². The van der Waals surface area contributed by atoms with Gasteiger partial charge in [-0.25, -0.2) is 4.39 Å². The first-order chi connectivity index (χ1) is 8.51. The van der Waals surface area contributed by atoms with Crippen molar-refractivity contribution >= 4 is 5.91 Å². The van der Waals surface area contributed by atoms with Crippen LogP contribution in [0, 0.1) is 17.1 Å². The van der Waals surface area contributed by atoms with Gasteiger partial charge < -0.3 is 9.64 Å². The minimum Gasteiger partial charge on any atom is -0.494 e. The summed E-state index contributed by atoms with van der Waals surface area (Å²) >= 11 is 0. The number of rotatable bonds is 4. The molecule has 1 unspecified atom stereocenters. The molecule has 0 saturated heterocycles. The molecule has 0 aliphatic rings. The number of benzene rings is 1. The van der Waals surface area contributed by atoms with Crippen molar-refractivity contribution in [2.24, 2.45) is 0 Å². The number of nitriles is 1. The van der Waals surface area contributed by atoms with Gasteiger partial charge in [0.05, 0.1) is 19.6 Å². The second-order valence-electron chi connectivity index (χ2n) is 3.98. The molecule has 1 aromatic rings. The van der Waals surface area contributed by atoms with E-state index >= 15 is 0 Å². The second-order valence-corrected chi connectivity index (χ2v) is 3.98. The summed E-state index contributed by atoms with van der Waals surface area (Å²) in [6, 6.07) is 5.82. The van der Waals surface area contributed by atoms with Gasteiger partial charge in [-0.15, -0.1) is 0 Å². The van der Waals surface area contributed by atoms with E-state index in [4.69, 9.17) is 10.00 Å². The zero-order chi connectivity index (χ0) is 13.7. The molecule has 1 rings (SSSR count). The summed E-state index contributed by atoms with van der Waals surface area (Å²) in [5.41, 5.74) is 0.237. The Morgan fingerprint density at radius 3 is 2.78 bits per heavy atom. The average molecular weight is 250 g/mol. The summed E-state index contributed by atoms with van der Waals surface area (Å²) in [7, 11) is 2.95. The third-order valence-corrected chi connectivity index (χ3v) is 2.77. The zero-order valence-electron chi connectivity index (χ0n) is 10.6. The third-order valence-electron chi connectivity index (χ3n) is 2.77. The van der Waals surface area contributed by atoms with Gasteiger partial charge in [-0.2, -0.15) is 5.26 Å². The van der Waals surface area contributed by atoms with Crippen molar-refractivity contribution in [3.8, 4) is 11.8 Å². The molecule has 1 amide bonds. The molecule has 0 aromatic heterocycles. The van der Waals surface area contributed by atoms with Gasteiger partial charge >= 0.3 is 0 Å². The van der Waals surface area contributed by atoms with Crippen LogP contribution in [0.5, 0.6) is 5.75 Å². The summed E-state index contributed by atoms with van der Waals surface area (Å²) in [5, 5.41) is 8.59. The Hall–Kier alpha value is -2.09. The lowest BCUT2D eigenvalue weighted by Gasteiger charge is -2.23. The molecule has 1 atom stereocenters. The number of ether oxygens (including phenoxy) is 1. The smallest absolute Gasteiger partial charge is 0.253 e. The Bertz CT molecular complexity index is 482. The highest BCUT2D eigenvalue weighted by atomic mass is 19.1. The molecule has 4 nitrogen and oxygen atoms in total. The molecule has 18 heavy (non-hydrogen) atoms. The van der Waals surface area contributed by atoms with Crippen LogP contribution in [-0.4, -0.2) is 31.0 Å². The summed E-state index contributed by atoms with van der Waals surface area (Å²) in [4.78, 5) is 13.4. The van der Waals surface area contributed by atoms with E-state index in [0.717, 1.165) is 6.07 Å². The highest BCUT2D eigenvalue weighted by Gasteiger charge is 2.18. The Morgan fingerprint density at radius 1 is 1.61 bits per heavy atom. The summed E-state index contributed by atoms with van der Waals surface area (Å²) in [6.45, 7) is 1.76. The molecular weight excluding hydrogens is 235 g/mol. The summed E-state index contributed by atoms with van der Waals surface area (Å²) in [6.07, 6.45) is 0.237. The van der Waals surface area contributed by atoms with E-state index in [0.29, 0.717) is 0 Å². The number of carbonyl (C=O) groups is 1. The van der Waals surface area contributed by atoms with Gasteiger partial charge in [0.25, 0.3) is 5.91 Å². The minimum absolute atomic E-state index is 0.0966. The number of halogens is 1. The summed E-state index contributed by atoms with van der Waals surface area (Å²) in [5.74, 6) is -0.803. The molecule has 0 heterocycles. The van der Waals surface area contributed by atoms with Crippen molar-refractivity contribution in [2.75, 3.05) is 14.2 Å². The third kappa shape index (κ3) is 2.98. The van der Waals surface area contributed by atoms with Crippen molar-refractivity contribution in [3.63, 3.8) is 0 Å². The first kappa shape index (κ1) is 14.0. The van der Waals surface area contributed by atoms with Gasteiger partial charge in [0.2, 0.25) is 0 Å². The van der Waals surface area contributed by atoms with E-state index in [9.17, 15) is 9.18 Å². The Labute approximate surface area is 106 Å². The van der Waals surface area contributed by atoms with Crippen molar-refractivity contribution in [1.29, 1.82) is 5.26 Å². The van der Waals surface area contributed by atoms with Crippen LogP contribution in [0.1, 0.15) is 23.7 Å². The van der Waals surface area contributed by atoms with Crippen LogP contribution >= 0.6 is 0 Å². The first-order valence-electron chi connectivity index (χ1n) is 5.49. The van der Waals surface area contributed by atoms with Crippen LogP contribution in [0.15, 0.2) is 18.2 Å². The molecule has 96 valence electrons. The predicted molar refractivity (Wildman–Crippen MR) is 64.7 cm³/mol. The van der Waals surface area contributed by atoms with Crippen LogP contribution in [0.2, 0.25) is 0 Å². The molecule has 0 aliphatic heterocycles. The number of methoxy groups -OCH3 is 1. The van der Waals surface area contributed by atoms with Gasteiger partial charge in [-0.1, -0.05) is 0 Å². The molecular formula is C13H15FN2O2. The average Bonchev–Trinajstić information content (AvgIpc) is 2.37. The van der Waals surface area contributed by atoms with Gasteiger partial charge in [0.15, 0.2) is 11.6 Å². The van der Waals surface area contributed by atoms with Gasteiger partial charge in [0.1, 0.15) is 0 Å². The lowest BCUT2D eigenvalue weighted by Crippen LogP contribution is -2.34. The highest BCUT2D eigenvalue weighted by Crippen LogP contribution is 2.19. The molecule has 0 bridgehead atoms. The minimum atomic E-state index is -0.579. The second kappa shape index (κ2) is 6.01. The monoisotopic (exact) mass is 250 g/mol. The quantitative estimate of drug-likeness (QED) is 0.823. The standard InChI is InChI=1S/C13H15FN2O2/c1-9(6-7-15)16(2)13(17)10-4-5-12(18-3)11(14)8-10/h4-5,8-9H,6H2,1-3H3. The SMILES string of the molecule is COc1ccc(C(=O)N(C)C(C)CC#N)cc1F. The summed E-state index contributed by atoms with van der Waals surface area (Å²) < 4.78 is 18.3. The van der Waals surface area contributed by atoms with Crippen molar-refractivity contribution < 1.29 is 13.9 Å². The fraction of sp³-hybridized carbons (Fsp3) is 0.385. The molecule has 0 spiro atoms. The molecule has 1 aromatic carbocycles. The first-order valence-corrected chi connectivity index (χ1v) is 5.49. The molecule has 0 saturated carbocycles. The lowest BCUT2D eigenvalue weighted by molar-refractivity contribution is 0.0745. The van der Waals surface area contributed by atoms with Crippen LogP contribution in [-0.2, 0) is 0 Å². The van der Waals surface area contributed by atoms with E-state index in [1.165, 1.54) is 24.1 Å². The zero-order valence-corrected chi connectivity index (χ0v) is 10.6. The predicted octanol–water partition coefficient (Wildman–Crippen LogP) is 2.21. The molecule has 5 heteroatoms. The number of carbonyl (C=O) groups excluding carboxylic acids is 1. The van der Waals surface area contributed by atoms with E-state index in [2.05, 4.69) is 0 Å². The van der Waals surface area contributed by atoms with Crippen molar-refractivity contribution in [2.45, 2.75) is 19.4 Å².